The molecule has 0 aliphatic carbocycles. The van der Waals surface area contributed by atoms with Gasteiger partial charge in [-0.2, -0.15) is 5.26 Å². The average molecular weight is 828 g/mol. The predicted octanol–water partition coefficient (Wildman–Crippen LogP) is 4.25. The van der Waals surface area contributed by atoms with Gasteiger partial charge in [-0.05, 0) is 72.1 Å². The zero-order chi connectivity index (χ0) is 41.7. The second-order valence-corrected chi connectivity index (χ2v) is 17.4. The molecule has 0 saturated carbocycles. The van der Waals surface area contributed by atoms with Crippen LogP contribution in [0.25, 0.3) is 0 Å². The minimum atomic E-state index is -0.964. The first kappa shape index (κ1) is 39.6. The highest BCUT2D eigenvalue weighted by atomic mass is 35.5. The van der Waals surface area contributed by atoms with Crippen molar-refractivity contribution in [1.29, 1.82) is 5.26 Å². The number of rotatable bonds is 11. The summed E-state index contributed by atoms with van der Waals surface area (Å²) in [7, 11) is 0. The Morgan fingerprint density at radius 1 is 0.867 bits per heavy atom. The summed E-state index contributed by atoms with van der Waals surface area (Å²) in [4.78, 5) is 70.4. The van der Waals surface area contributed by atoms with Gasteiger partial charge >= 0.3 is 0 Å². The van der Waals surface area contributed by atoms with Gasteiger partial charge in [-0.15, -0.1) is 0 Å². The molecule has 0 bridgehead atoms. The maximum absolute atomic E-state index is 13.3. The minimum Gasteiger partial charge on any atom is -0.487 e. The Bertz CT molecular complexity index is 2400. The van der Waals surface area contributed by atoms with Crippen LogP contribution in [-0.4, -0.2) is 119 Å². The highest BCUT2D eigenvalue weighted by molar-refractivity contribution is 6.30. The van der Waals surface area contributed by atoms with Crippen LogP contribution in [0.2, 0.25) is 5.02 Å². The molecule has 60 heavy (non-hydrogen) atoms. The first-order valence-electron chi connectivity index (χ1n) is 20.5. The molecule has 0 radical (unpaired) electrons. The van der Waals surface area contributed by atoms with Crippen molar-refractivity contribution in [2.75, 3.05) is 68.7 Å². The van der Waals surface area contributed by atoms with Gasteiger partial charge in [0.25, 0.3) is 11.8 Å². The first-order chi connectivity index (χ1) is 28.9. The number of halogens is 1. The first-order valence-corrected chi connectivity index (χ1v) is 20.9. The van der Waals surface area contributed by atoms with Crippen molar-refractivity contribution in [3.05, 3.63) is 111 Å². The number of hydrogen-bond donors (Lipinski definition) is 1. The monoisotopic (exact) mass is 827 g/mol. The summed E-state index contributed by atoms with van der Waals surface area (Å²) in [6.07, 6.45) is 2.04. The fourth-order valence-electron chi connectivity index (χ4n) is 9.05. The SMILES string of the molecule is CC(C)(c1ccc(OCc2ccnc(N3CCN(C4CN(CC5CN(c6ccc7c(c6)C(=O)N(C6CCC(=O)NC6=O)C7=O)C5)C4)CC3)n2)cc1)c1cc(Cl)cc(C#N)c1. The summed E-state index contributed by atoms with van der Waals surface area (Å²) >= 11 is 6.30. The molecule has 4 amide bonds. The van der Waals surface area contributed by atoms with E-state index in [4.69, 9.17) is 21.3 Å². The lowest BCUT2D eigenvalue weighted by Crippen LogP contribution is -2.65. The molecule has 4 saturated heterocycles. The Hall–Kier alpha value is -5.88. The van der Waals surface area contributed by atoms with Crippen molar-refractivity contribution >= 4 is 46.9 Å². The van der Waals surface area contributed by atoms with E-state index in [1.54, 1.807) is 24.4 Å². The molecule has 15 heteroatoms. The number of imide groups is 2. The molecular weight excluding hydrogens is 782 g/mol. The quantitative estimate of drug-likeness (QED) is 0.215. The molecule has 9 rings (SSSR count). The number of hydrogen-bond acceptors (Lipinski definition) is 12. The van der Waals surface area contributed by atoms with Crippen LogP contribution in [0, 0.1) is 17.2 Å². The number of nitrogens with zero attached hydrogens (tertiary/aromatic N) is 8. The van der Waals surface area contributed by atoms with Gasteiger partial charge in [-0.3, -0.25) is 39.2 Å². The van der Waals surface area contributed by atoms with E-state index in [0.717, 1.165) is 98.0 Å². The van der Waals surface area contributed by atoms with Crippen molar-refractivity contribution < 1.29 is 23.9 Å². The maximum Gasteiger partial charge on any atom is 0.262 e. The third kappa shape index (κ3) is 7.69. The van der Waals surface area contributed by atoms with Crippen LogP contribution < -0.4 is 19.9 Å². The van der Waals surface area contributed by atoms with E-state index in [-0.39, 0.29) is 24.2 Å². The molecule has 5 aliphatic rings. The lowest BCUT2D eigenvalue weighted by molar-refractivity contribution is -0.136. The zero-order valence-corrected chi connectivity index (χ0v) is 34.4. The minimum absolute atomic E-state index is 0.0973. The van der Waals surface area contributed by atoms with E-state index >= 15 is 0 Å². The smallest absolute Gasteiger partial charge is 0.262 e. The fraction of sp³-hybridized carbons (Fsp3) is 0.400. The third-order valence-electron chi connectivity index (χ3n) is 12.7. The van der Waals surface area contributed by atoms with Gasteiger partial charge in [0.15, 0.2) is 0 Å². The number of piperazine rings is 1. The number of carbonyl (C=O) groups is 4. The highest BCUT2D eigenvalue weighted by Gasteiger charge is 2.45. The van der Waals surface area contributed by atoms with E-state index in [0.29, 0.717) is 40.3 Å². The molecule has 0 spiro atoms. The molecular formula is C45H46ClN9O5. The number of fused-ring (bicyclic) bond motifs is 1. The Morgan fingerprint density at radius 3 is 2.35 bits per heavy atom. The van der Waals surface area contributed by atoms with Gasteiger partial charge in [0.2, 0.25) is 17.8 Å². The Kier molecular flexibility index (Phi) is 10.5. The summed E-state index contributed by atoms with van der Waals surface area (Å²) in [5.41, 5.74) is 4.58. The summed E-state index contributed by atoms with van der Waals surface area (Å²) < 4.78 is 6.13. The number of nitriles is 1. The second-order valence-electron chi connectivity index (χ2n) is 17.0. The van der Waals surface area contributed by atoms with Crippen LogP contribution in [0.4, 0.5) is 11.6 Å². The van der Waals surface area contributed by atoms with E-state index in [1.807, 2.05) is 48.5 Å². The molecule has 6 heterocycles. The van der Waals surface area contributed by atoms with Gasteiger partial charge in [-0.1, -0.05) is 37.6 Å². The van der Waals surface area contributed by atoms with Crippen molar-refractivity contribution in [3.8, 4) is 11.8 Å². The van der Waals surface area contributed by atoms with Gasteiger partial charge in [0.05, 0.1) is 28.5 Å². The molecule has 4 fully saturated rings. The van der Waals surface area contributed by atoms with Crippen LogP contribution >= 0.6 is 11.6 Å². The van der Waals surface area contributed by atoms with Crippen molar-refractivity contribution in [2.45, 2.75) is 50.8 Å². The van der Waals surface area contributed by atoms with Crippen molar-refractivity contribution in [1.82, 2.24) is 30.0 Å². The Labute approximate surface area is 353 Å². The van der Waals surface area contributed by atoms with E-state index in [2.05, 4.69) is 49.8 Å². The summed E-state index contributed by atoms with van der Waals surface area (Å²) in [5.74, 6) is 0.0392. The summed E-state index contributed by atoms with van der Waals surface area (Å²) in [6, 6.07) is 22.5. The topological polar surface area (TPSA) is 155 Å². The van der Waals surface area contributed by atoms with E-state index < -0.39 is 23.8 Å². The van der Waals surface area contributed by atoms with E-state index in [9.17, 15) is 24.4 Å². The van der Waals surface area contributed by atoms with Gasteiger partial charge in [-0.25, -0.2) is 9.97 Å². The summed E-state index contributed by atoms with van der Waals surface area (Å²) in [5, 5.41) is 12.2. The van der Waals surface area contributed by atoms with Crippen LogP contribution in [0.3, 0.4) is 0 Å². The van der Waals surface area contributed by atoms with Crippen LogP contribution in [0.1, 0.15) is 69.8 Å². The number of benzene rings is 3. The van der Waals surface area contributed by atoms with Gasteiger partial charge < -0.3 is 14.5 Å². The fourth-order valence-corrected chi connectivity index (χ4v) is 9.29. The molecule has 14 nitrogen and oxygen atoms in total. The number of amides is 4. The standard InChI is InChI=1S/C45H46ClN9O5/c1-45(2,31-17-28(21-47)18-32(46)19-31)30-3-6-36(7-4-30)60-27-33-11-12-48-44(49-33)53-15-13-52(14-16-53)35-25-51(26-35)22-29-23-54(24-29)34-5-8-37-38(20-34)43(59)55(42(37)58)39-9-10-40(56)50-41(39)57/h3-8,11-12,17-20,29,35,39H,9-10,13-16,22-27H2,1-2H3,(H,50,56,57). The number of carbonyl (C=O) groups excluding carboxylic acids is 4. The Balaban J connectivity index is 0.704. The van der Waals surface area contributed by atoms with Gasteiger partial charge in [0.1, 0.15) is 18.4 Å². The predicted molar refractivity (Wildman–Crippen MR) is 224 cm³/mol. The number of likely N-dealkylation sites (tertiary alicyclic amines) is 1. The number of aromatic nitrogens is 2. The van der Waals surface area contributed by atoms with Crippen molar-refractivity contribution in [3.63, 3.8) is 0 Å². The van der Waals surface area contributed by atoms with Crippen LogP contribution in [0.5, 0.6) is 5.75 Å². The molecule has 1 N–H and O–H groups in total. The molecule has 308 valence electrons. The van der Waals surface area contributed by atoms with Gasteiger partial charge in [0, 0.05) is 99.6 Å². The lowest BCUT2D eigenvalue weighted by atomic mass is 9.78. The Morgan fingerprint density at radius 2 is 1.62 bits per heavy atom. The maximum atomic E-state index is 13.3. The number of ether oxygens (including phenoxy) is 1. The largest absolute Gasteiger partial charge is 0.487 e. The van der Waals surface area contributed by atoms with Crippen molar-refractivity contribution in [2.24, 2.45) is 5.92 Å². The van der Waals surface area contributed by atoms with Crippen LogP contribution in [-0.2, 0) is 21.6 Å². The molecule has 1 unspecified atom stereocenters. The molecule has 4 aromatic rings. The zero-order valence-electron chi connectivity index (χ0n) is 33.6. The molecule has 3 aromatic carbocycles. The third-order valence-corrected chi connectivity index (χ3v) is 12.9. The van der Waals surface area contributed by atoms with Crippen LogP contribution in [0.15, 0.2) is 72.9 Å². The lowest BCUT2D eigenvalue weighted by Gasteiger charge is -2.51. The number of piperidine rings is 1. The van der Waals surface area contributed by atoms with E-state index in [1.165, 1.54) is 0 Å². The number of nitrogens with one attached hydrogen (secondary N) is 1. The molecule has 5 aliphatic heterocycles. The number of anilines is 2. The average Bonchev–Trinajstić information content (AvgIpc) is 3.46. The summed E-state index contributed by atoms with van der Waals surface area (Å²) in [6.45, 7) is 13.1. The second kappa shape index (κ2) is 15.9. The highest BCUT2D eigenvalue weighted by Crippen LogP contribution is 2.36. The molecule has 1 atom stereocenters. The normalized spacial score (nSPS) is 20.4. The molecule has 1 aromatic heterocycles.